The molecule has 0 radical (unpaired) electrons. The lowest BCUT2D eigenvalue weighted by atomic mass is 10.2. The molecule has 0 aliphatic heterocycles. The van der Waals surface area contributed by atoms with Crippen LogP contribution in [0.5, 0.6) is 5.75 Å². The van der Waals surface area contributed by atoms with Crippen molar-refractivity contribution in [3.05, 3.63) is 54.1 Å². The van der Waals surface area contributed by atoms with Gasteiger partial charge in [-0.1, -0.05) is 17.7 Å². The fraction of sp³-hybridized carbons (Fsp3) is 0.143. The lowest BCUT2D eigenvalue weighted by molar-refractivity contribution is 0.486. The first-order valence-corrected chi connectivity index (χ1v) is 9.30. The van der Waals surface area contributed by atoms with E-state index >= 15 is 0 Å². The van der Waals surface area contributed by atoms with Crippen molar-refractivity contribution < 1.29 is 21.0 Å². The molecule has 0 aromatic heterocycles. The summed E-state index contributed by atoms with van der Waals surface area (Å²) in [7, 11) is -7.35. The molecule has 0 saturated carbocycles. The summed E-state index contributed by atoms with van der Waals surface area (Å²) in [5, 5.41) is 0. The number of sulfone groups is 1. The average Bonchev–Trinajstić information content (AvgIpc) is 2.40. The molecule has 0 bridgehead atoms. The molecular formula is C14H14O5S2. The summed E-state index contributed by atoms with van der Waals surface area (Å²) in [6, 6.07) is 11.5. The molecule has 21 heavy (non-hydrogen) atoms. The van der Waals surface area contributed by atoms with Gasteiger partial charge < -0.3 is 4.18 Å². The molecule has 0 aliphatic carbocycles. The fourth-order valence-corrected chi connectivity index (χ4v) is 3.18. The first-order valence-electron chi connectivity index (χ1n) is 6.00. The van der Waals surface area contributed by atoms with Crippen LogP contribution in [-0.2, 0) is 20.0 Å². The maximum atomic E-state index is 12.1. The van der Waals surface area contributed by atoms with E-state index in [1.54, 1.807) is 24.3 Å². The van der Waals surface area contributed by atoms with Crippen molar-refractivity contribution in [2.45, 2.75) is 16.7 Å². The van der Waals surface area contributed by atoms with Gasteiger partial charge in [0.05, 0.1) is 4.90 Å². The van der Waals surface area contributed by atoms with E-state index in [1.807, 2.05) is 6.92 Å². The molecule has 0 atom stereocenters. The predicted octanol–water partition coefficient (Wildman–Crippen LogP) is 2.17. The molecule has 2 aromatic carbocycles. The molecule has 0 aliphatic rings. The molecule has 0 fully saturated rings. The molecule has 0 spiro atoms. The Kier molecular flexibility index (Phi) is 4.06. The Bertz CT molecular complexity index is 833. The molecule has 0 amide bonds. The van der Waals surface area contributed by atoms with Gasteiger partial charge in [0, 0.05) is 6.26 Å². The molecule has 0 unspecified atom stereocenters. The number of rotatable bonds is 4. The Balaban J connectivity index is 2.29. The molecule has 0 N–H and O–H groups in total. The fourth-order valence-electron chi connectivity index (χ4n) is 1.62. The summed E-state index contributed by atoms with van der Waals surface area (Å²) >= 11 is 0. The summed E-state index contributed by atoms with van der Waals surface area (Å²) in [4.78, 5) is -0.0488. The average molecular weight is 326 g/mol. The molecule has 0 heterocycles. The molecule has 5 nitrogen and oxygen atoms in total. The monoisotopic (exact) mass is 326 g/mol. The highest BCUT2D eigenvalue weighted by Gasteiger charge is 2.17. The van der Waals surface area contributed by atoms with Gasteiger partial charge in [-0.3, -0.25) is 0 Å². The zero-order valence-corrected chi connectivity index (χ0v) is 13.1. The molecular weight excluding hydrogens is 312 g/mol. The molecule has 112 valence electrons. The van der Waals surface area contributed by atoms with E-state index in [-0.39, 0.29) is 15.5 Å². The highest BCUT2D eigenvalue weighted by molar-refractivity contribution is 7.90. The lowest BCUT2D eigenvalue weighted by Crippen LogP contribution is -2.10. The number of hydrogen-bond acceptors (Lipinski definition) is 5. The van der Waals surface area contributed by atoms with Crippen LogP contribution in [0.25, 0.3) is 0 Å². The first kappa shape index (κ1) is 15.5. The Hall–Kier alpha value is -1.86. The first-order chi connectivity index (χ1) is 9.68. The van der Waals surface area contributed by atoms with Crippen LogP contribution < -0.4 is 4.18 Å². The molecule has 2 aromatic rings. The number of hydrogen-bond donors (Lipinski definition) is 0. The van der Waals surface area contributed by atoms with Gasteiger partial charge in [0.2, 0.25) is 0 Å². The van der Waals surface area contributed by atoms with Crippen molar-refractivity contribution in [2.75, 3.05) is 6.26 Å². The van der Waals surface area contributed by atoms with Crippen LogP contribution in [0, 0.1) is 6.92 Å². The van der Waals surface area contributed by atoms with Gasteiger partial charge in [-0.05, 0) is 43.3 Å². The quantitative estimate of drug-likeness (QED) is 0.805. The normalized spacial score (nSPS) is 12.1. The minimum absolute atomic E-state index is 0.0526. The summed E-state index contributed by atoms with van der Waals surface area (Å²) in [5.74, 6) is 0.202. The Morgan fingerprint density at radius 2 is 1.24 bits per heavy atom. The zero-order chi connectivity index (χ0) is 15.7. The molecule has 0 saturated heterocycles. The van der Waals surface area contributed by atoms with Gasteiger partial charge in [-0.2, -0.15) is 8.42 Å². The number of aryl methyl sites for hydroxylation is 1. The SMILES string of the molecule is Cc1ccc(OS(=O)(=O)c2ccc(S(C)(=O)=O)cc2)cc1. The van der Waals surface area contributed by atoms with Crippen LogP contribution >= 0.6 is 0 Å². The van der Waals surface area contributed by atoms with Crippen molar-refractivity contribution in [2.24, 2.45) is 0 Å². The van der Waals surface area contributed by atoms with Crippen molar-refractivity contribution in [3.8, 4) is 5.75 Å². The van der Waals surface area contributed by atoms with Crippen LogP contribution in [-0.4, -0.2) is 23.1 Å². The van der Waals surface area contributed by atoms with Gasteiger partial charge in [-0.15, -0.1) is 0 Å². The lowest BCUT2D eigenvalue weighted by Gasteiger charge is -2.07. The van der Waals surface area contributed by atoms with Gasteiger partial charge in [-0.25, -0.2) is 8.42 Å². The van der Waals surface area contributed by atoms with E-state index in [1.165, 1.54) is 24.3 Å². The van der Waals surface area contributed by atoms with Crippen molar-refractivity contribution >= 4 is 20.0 Å². The summed E-state index contributed by atoms with van der Waals surface area (Å²) in [5.41, 5.74) is 0.984. The zero-order valence-electron chi connectivity index (χ0n) is 11.5. The number of benzene rings is 2. The van der Waals surface area contributed by atoms with Gasteiger partial charge in [0.15, 0.2) is 9.84 Å². The maximum absolute atomic E-state index is 12.1. The van der Waals surface area contributed by atoms with Gasteiger partial charge >= 0.3 is 10.1 Å². The third-order valence-corrected chi connectivity index (χ3v) is 5.16. The maximum Gasteiger partial charge on any atom is 0.339 e. The van der Waals surface area contributed by atoms with E-state index in [4.69, 9.17) is 4.18 Å². The van der Waals surface area contributed by atoms with E-state index in [2.05, 4.69) is 0 Å². The summed E-state index contributed by atoms with van der Waals surface area (Å²) in [6.07, 6.45) is 1.05. The highest BCUT2D eigenvalue weighted by atomic mass is 32.2. The third-order valence-electron chi connectivity index (χ3n) is 2.77. The third kappa shape index (κ3) is 3.83. The van der Waals surface area contributed by atoms with Crippen LogP contribution in [0.3, 0.4) is 0 Å². The summed E-state index contributed by atoms with van der Waals surface area (Å²) < 4.78 is 51.8. The van der Waals surface area contributed by atoms with Crippen molar-refractivity contribution in [1.82, 2.24) is 0 Å². The van der Waals surface area contributed by atoms with Crippen molar-refractivity contribution in [1.29, 1.82) is 0 Å². The molecule has 2 rings (SSSR count). The Morgan fingerprint density at radius 3 is 1.71 bits per heavy atom. The second-order valence-electron chi connectivity index (χ2n) is 4.59. The van der Waals surface area contributed by atoms with Crippen LogP contribution in [0.15, 0.2) is 58.3 Å². The minimum atomic E-state index is -3.98. The second kappa shape index (κ2) is 5.50. The smallest absolute Gasteiger partial charge is 0.339 e. The predicted molar refractivity (Wildman–Crippen MR) is 78.5 cm³/mol. The van der Waals surface area contributed by atoms with E-state index in [0.29, 0.717) is 0 Å². The molecule has 7 heteroatoms. The summed E-state index contributed by atoms with van der Waals surface area (Å²) in [6.45, 7) is 1.88. The van der Waals surface area contributed by atoms with Gasteiger partial charge in [0.1, 0.15) is 10.6 Å². The van der Waals surface area contributed by atoms with Gasteiger partial charge in [0.25, 0.3) is 0 Å². The van der Waals surface area contributed by atoms with E-state index in [0.717, 1.165) is 11.8 Å². The second-order valence-corrected chi connectivity index (χ2v) is 8.16. The topological polar surface area (TPSA) is 77.5 Å². The largest absolute Gasteiger partial charge is 0.379 e. The van der Waals surface area contributed by atoms with Crippen LogP contribution in [0.2, 0.25) is 0 Å². The van der Waals surface area contributed by atoms with Crippen LogP contribution in [0.4, 0.5) is 0 Å². The standard InChI is InChI=1S/C14H14O5S2/c1-11-3-5-12(6-4-11)19-21(17,18)14-9-7-13(8-10-14)20(2,15)16/h3-10H,1-2H3. The van der Waals surface area contributed by atoms with Crippen LogP contribution in [0.1, 0.15) is 5.56 Å². The van der Waals surface area contributed by atoms with E-state index < -0.39 is 20.0 Å². The Labute approximate surface area is 124 Å². The minimum Gasteiger partial charge on any atom is -0.379 e. The highest BCUT2D eigenvalue weighted by Crippen LogP contribution is 2.20. The van der Waals surface area contributed by atoms with Crippen molar-refractivity contribution in [3.63, 3.8) is 0 Å². The Morgan fingerprint density at radius 1 is 0.762 bits per heavy atom. The van der Waals surface area contributed by atoms with E-state index in [9.17, 15) is 16.8 Å².